The first kappa shape index (κ1) is 15.9. The smallest absolute Gasteiger partial charge is 0.246 e. The second-order valence-electron chi connectivity index (χ2n) is 5.37. The summed E-state index contributed by atoms with van der Waals surface area (Å²) in [4.78, 5) is 12.3. The first-order chi connectivity index (χ1) is 10.5. The van der Waals surface area contributed by atoms with Gasteiger partial charge in [-0.25, -0.2) is 0 Å². The van der Waals surface area contributed by atoms with Gasteiger partial charge in [0.25, 0.3) is 0 Å². The molecule has 2 aromatic carbocycles. The highest BCUT2D eigenvalue weighted by molar-refractivity contribution is 5.97. The van der Waals surface area contributed by atoms with Crippen LogP contribution < -0.4 is 15.4 Å². The Kier molecular flexibility index (Phi) is 5.04. The monoisotopic (exact) mass is 298 g/mol. The van der Waals surface area contributed by atoms with Crippen molar-refractivity contribution < 1.29 is 9.53 Å². The zero-order valence-electron chi connectivity index (χ0n) is 13.4. The number of hydrogen-bond donors (Lipinski definition) is 2. The fourth-order valence-electron chi connectivity index (χ4n) is 2.26. The number of methoxy groups -OCH3 is 1. The number of para-hydroxylation sites is 2. The molecule has 0 aromatic heterocycles. The van der Waals surface area contributed by atoms with Gasteiger partial charge >= 0.3 is 0 Å². The molecule has 0 radical (unpaired) electrons. The van der Waals surface area contributed by atoms with Crippen LogP contribution in [0.2, 0.25) is 0 Å². The molecule has 0 saturated heterocycles. The molecule has 1 amide bonds. The summed E-state index contributed by atoms with van der Waals surface area (Å²) in [7, 11) is 1.59. The van der Waals surface area contributed by atoms with Crippen molar-refractivity contribution in [2.45, 2.75) is 26.8 Å². The number of hydrogen-bond acceptors (Lipinski definition) is 3. The molecule has 0 saturated carbocycles. The molecule has 0 bridgehead atoms. The van der Waals surface area contributed by atoms with Gasteiger partial charge in [0, 0.05) is 5.69 Å². The Labute approximate surface area is 131 Å². The van der Waals surface area contributed by atoms with Gasteiger partial charge in [0.05, 0.1) is 12.8 Å². The number of carbonyl (C=O) groups excluding carboxylic acids is 1. The van der Waals surface area contributed by atoms with Gasteiger partial charge in [-0.1, -0.05) is 29.8 Å². The summed E-state index contributed by atoms with van der Waals surface area (Å²) in [5.41, 5.74) is 3.96. The maximum atomic E-state index is 12.3. The minimum atomic E-state index is -0.355. The van der Waals surface area contributed by atoms with Crippen LogP contribution in [0.5, 0.6) is 5.75 Å². The van der Waals surface area contributed by atoms with Crippen LogP contribution in [-0.4, -0.2) is 19.1 Å². The Morgan fingerprint density at radius 3 is 2.50 bits per heavy atom. The molecule has 0 aliphatic heterocycles. The van der Waals surface area contributed by atoms with E-state index in [0.29, 0.717) is 11.4 Å². The van der Waals surface area contributed by atoms with Crippen LogP contribution in [0.4, 0.5) is 11.4 Å². The summed E-state index contributed by atoms with van der Waals surface area (Å²) in [6.45, 7) is 5.92. The van der Waals surface area contributed by atoms with Crippen molar-refractivity contribution in [1.29, 1.82) is 0 Å². The van der Waals surface area contributed by atoms with Crippen molar-refractivity contribution in [1.82, 2.24) is 0 Å². The van der Waals surface area contributed by atoms with E-state index in [0.717, 1.165) is 11.3 Å². The van der Waals surface area contributed by atoms with Crippen molar-refractivity contribution in [3.8, 4) is 5.75 Å². The lowest BCUT2D eigenvalue weighted by atomic mass is 10.1. The summed E-state index contributed by atoms with van der Waals surface area (Å²) in [5, 5.41) is 6.13. The maximum Gasteiger partial charge on any atom is 0.246 e. The van der Waals surface area contributed by atoms with Crippen LogP contribution in [0.3, 0.4) is 0 Å². The largest absolute Gasteiger partial charge is 0.495 e. The Morgan fingerprint density at radius 2 is 1.82 bits per heavy atom. The summed E-state index contributed by atoms with van der Waals surface area (Å²) in [5.74, 6) is 0.541. The number of carbonyl (C=O) groups is 1. The number of amides is 1. The van der Waals surface area contributed by atoms with Gasteiger partial charge in [0.15, 0.2) is 0 Å². The zero-order chi connectivity index (χ0) is 16.1. The van der Waals surface area contributed by atoms with Gasteiger partial charge in [-0.3, -0.25) is 4.79 Å². The van der Waals surface area contributed by atoms with E-state index in [9.17, 15) is 4.79 Å². The van der Waals surface area contributed by atoms with Gasteiger partial charge in [-0.2, -0.15) is 0 Å². The van der Waals surface area contributed by atoms with Crippen LogP contribution >= 0.6 is 0 Å². The summed E-state index contributed by atoms with van der Waals surface area (Å²) in [6.07, 6.45) is 0. The molecule has 0 aliphatic rings. The van der Waals surface area contributed by atoms with E-state index in [1.807, 2.05) is 50.2 Å². The highest BCUT2D eigenvalue weighted by atomic mass is 16.5. The Balaban J connectivity index is 2.06. The van der Waals surface area contributed by atoms with Gasteiger partial charge in [-0.15, -0.1) is 0 Å². The molecule has 2 aromatic rings. The average Bonchev–Trinajstić information content (AvgIpc) is 2.50. The summed E-state index contributed by atoms with van der Waals surface area (Å²) < 4.78 is 5.24. The van der Waals surface area contributed by atoms with E-state index >= 15 is 0 Å². The van der Waals surface area contributed by atoms with Crippen molar-refractivity contribution in [3.63, 3.8) is 0 Å². The molecule has 4 heteroatoms. The minimum absolute atomic E-state index is 0.107. The second-order valence-corrected chi connectivity index (χ2v) is 5.37. The number of aryl methyl sites for hydroxylation is 2. The molecule has 0 unspecified atom stereocenters. The molecule has 0 spiro atoms. The molecule has 0 fully saturated rings. The molecule has 1 atom stereocenters. The van der Waals surface area contributed by atoms with E-state index in [4.69, 9.17) is 4.74 Å². The molecular weight excluding hydrogens is 276 g/mol. The van der Waals surface area contributed by atoms with E-state index in [1.165, 1.54) is 5.56 Å². The number of rotatable bonds is 5. The first-order valence-corrected chi connectivity index (χ1v) is 7.29. The van der Waals surface area contributed by atoms with E-state index < -0.39 is 0 Å². The number of nitrogens with one attached hydrogen (secondary N) is 2. The SMILES string of the molecule is COc1ccccc1NC(=O)[C@H](C)Nc1ccc(C)cc1C. The van der Waals surface area contributed by atoms with Crippen molar-refractivity contribution in [3.05, 3.63) is 53.6 Å². The third-order valence-corrected chi connectivity index (χ3v) is 3.51. The molecule has 4 nitrogen and oxygen atoms in total. The molecule has 116 valence electrons. The Hall–Kier alpha value is -2.49. The van der Waals surface area contributed by atoms with E-state index in [-0.39, 0.29) is 11.9 Å². The summed E-state index contributed by atoms with van der Waals surface area (Å²) >= 11 is 0. The molecule has 0 heterocycles. The van der Waals surface area contributed by atoms with Crippen molar-refractivity contribution in [2.24, 2.45) is 0 Å². The predicted octanol–water partition coefficient (Wildman–Crippen LogP) is 3.75. The van der Waals surface area contributed by atoms with Crippen LogP contribution in [0, 0.1) is 13.8 Å². The molecule has 2 rings (SSSR count). The third-order valence-electron chi connectivity index (χ3n) is 3.51. The lowest BCUT2D eigenvalue weighted by molar-refractivity contribution is -0.116. The lowest BCUT2D eigenvalue weighted by Crippen LogP contribution is -2.32. The van der Waals surface area contributed by atoms with Crippen LogP contribution in [0.15, 0.2) is 42.5 Å². The fraction of sp³-hybridized carbons (Fsp3) is 0.278. The van der Waals surface area contributed by atoms with Crippen molar-refractivity contribution in [2.75, 3.05) is 17.7 Å². The second kappa shape index (κ2) is 6.98. The Bertz CT molecular complexity index is 668. The molecule has 2 N–H and O–H groups in total. The molecule has 0 aliphatic carbocycles. The van der Waals surface area contributed by atoms with E-state index in [2.05, 4.69) is 23.6 Å². The molecular formula is C18H22N2O2. The standard InChI is InChI=1S/C18H22N2O2/c1-12-9-10-15(13(2)11-12)19-14(3)18(21)20-16-7-5-6-8-17(16)22-4/h5-11,14,19H,1-4H3,(H,20,21)/t14-/m0/s1. The lowest BCUT2D eigenvalue weighted by Gasteiger charge is -2.18. The summed E-state index contributed by atoms with van der Waals surface area (Å²) in [6, 6.07) is 13.1. The quantitative estimate of drug-likeness (QED) is 0.884. The van der Waals surface area contributed by atoms with Gasteiger partial charge < -0.3 is 15.4 Å². The topological polar surface area (TPSA) is 50.4 Å². The maximum absolute atomic E-state index is 12.3. The van der Waals surface area contributed by atoms with E-state index in [1.54, 1.807) is 7.11 Å². The number of ether oxygens (including phenoxy) is 1. The third kappa shape index (κ3) is 3.79. The minimum Gasteiger partial charge on any atom is -0.495 e. The van der Waals surface area contributed by atoms with Gasteiger partial charge in [-0.05, 0) is 44.5 Å². The van der Waals surface area contributed by atoms with Crippen LogP contribution in [0.25, 0.3) is 0 Å². The van der Waals surface area contributed by atoms with Crippen LogP contribution in [-0.2, 0) is 4.79 Å². The first-order valence-electron chi connectivity index (χ1n) is 7.29. The van der Waals surface area contributed by atoms with Crippen molar-refractivity contribution >= 4 is 17.3 Å². The number of anilines is 2. The highest BCUT2D eigenvalue weighted by Gasteiger charge is 2.15. The normalized spacial score (nSPS) is 11.6. The highest BCUT2D eigenvalue weighted by Crippen LogP contribution is 2.23. The zero-order valence-corrected chi connectivity index (χ0v) is 13.4. The molecule has 22 heavy (non-hydrogen) atoms. The van der Waals surface area contributed by atoms with Gasteiger partial charge in [0.2, 0.25) is 5.91 Å². The van der Waals surface area contributed by atoms with Crippen LogP contribution in [0.1, 0.15) is 18.1 Å². The van der Waals surface area contributed by atoms with Gasteiger partial charge in [0.1, 0.15) is 11.8 Å². The average molecular weight is 298 g/mol. The fourth-order valence-corrected chi connectivity index (χ4v) is 2.26. The Morgan fingerprint density at radius 1 is 1.09 bits per heavy atom. The predicted molar refractivity (Wildman–Crippen MR) is 90.6 cm³/mol. The number of benzene rings is 2.